The van der Waals surface area contributed by atoms with Crippen molar-refractivity contribution in [3.63, 3.8) is 0 Å². The molecule has 118 valence electrons. The summed E-state index contributed by atoms with van der Waals surface area (Å²) in [6.45, 7) is 5.68. The number of piperazine rings is 1. The van der Waals surface area contributed by atoms with Gasteiger partial charge in [0.25, 0.3) is 0 Å². The van der Waals surface area contributed by atoms with Crippen LogP contribution in [0.4, 0.5) is 0 Å². The van der Waals surface area contributed by atoms with Gasteiger partial charge < -0.3 is 4.90 Å². The second-order valence-electron chi connectivity index (χ2n) is 5.44. The number of sulfonamides is 1. The van der Waals surface area contributed by atoms with Crippen molar-refractivity contribution >= 4 is 21.6 Å². The third-order valence-electron chi connectivity index (χ3n) is 3.79. The van der Waals surface area contributed by atoms with Crippen LogP contribution in [0.3, 0.4) is 0 Å². The summed E-state index contributed by atoms with van der Waals surface area (Å²) in [5.41, 5.74) is 1.23. The molecule has 1 heterocycles. The second-order valence-corrected chi connectivity index (χ2v) is 7.96. The van der Waals surface area contributed by atoms with E-state index in [9.17, 15) is 8.42 Å². The zero-order chi connectivity index (χ0) is 15.3. The van der Waals surface area contributed by atoms with Gasteiger partial charge in [-0.3, -0.25) is 0 Å². The molecule has 21 heavy (non-hydrogen) atoms. The molecule has 0 saturated carbocycles. The van der Waals surface area contributed by atoms with E-state index in [1.54, 1.807) is 4.31 Å². The van der Waals surface area contributed by atoms with Crippen LogP contribution in [0.2, 0.25) is 5.02 Å². The summed E-state index contributed by atoms with van der Waals surface area (Å²) in [4.78, 5) is 2.32. The van der Waals surface area contributed by atoms with Gasteiger partial charge in [0.1, 0.15) is 0 Å². The Hall–Kier alpha value is -0.620. The Bertz CT molecular complexity index is 555. The lowest BCUT2D eigenvalue weighted by Crippen LogP contribution is -2.49. The quantitative estimate of drug-likeness (QED) is 0.803. The van der Waals surface area contributed by atoms with E-state index in [1.165, 1.54) is 5.56 Å². The Kier molecular flexibility index (Phi) is 6.05. The molecule has 1 saturated heterocycles. The average Bonchev–Trinajstić information content (AvgIpc) is 2.46. The lowest BCUT2D eigenvalue weighted by molar-refractivity contribution is 0.190. The highest BCUT2D eigenvalue weighted by Gasteiger charge is 2.25. The van der Waals surface area contributed by atoms with E-state index in [1.807, 2.05) is 25.1 Å². The highest BCUT2D eigenvalue weighted by atomic mass is 35.5. The Morgan fingerprint density at radius 1 is 1.19 bits per heavy atom. The van der Waals surface area contributed by atoms with E-state index in [2.05, 4.69) is 11.0 Å². The predicted octanol–water partition coefficient (Wildman–Crippen LogP) is 2.24. The first-order valence-electron chi connectivity index (χ1n) is 7.46. The lowest BCUT2D eigenvalue weighted by atomic mass is 10.1. The van der Waals surface area contributed by atoms with E-state index < -0.39 is 10.0 Å². The predicted molar refractivity (Wildman–Crippen MR) is 87.2 cm³/mol. The molecule has 6 heteroatoms. The average molecular weight is 331 g/mol. The molecule has 1 aliphatic heterocycles. The number of hydrogen-bond donors (Lipinski definition) is 0. The van der Waals surface area contributed by atoms with E-state index in [0.717, 1.165) is 31.1 Å². The normalized spacial score (nSPS) is 18.0. The minimum atomic E-state index is -3.04. The SMILES string of the molecule is CCCS(=O)(=O)N1CCN(CCc2cccc(Cl)c2)CC1. The van der Waals surface area contributed by atoms with E-state index in [4.69, 9.17) is 11.6 Å². The topological polar surface area (TPSA) is 40.6 Å². The van der Waals surface area contributed by atoms with Crippen molar-refractivity contribution in [3.05, 3.63) is 34.9 Å². The lowest BCUT2D eigenvalue weighted by Gasteiger charge is -2.34. The molecule has 0 bridgehead atoms. The fraction of sp³-hybridized carbons (Fsp3) is 0.600. The molecule has 0 N–H and O–H groups in total. The maximum atomic E-state index is 12.0. The van der Waals surface area contributed by atoms with Gasteiger partial charge in [0.15, 0.2) is 0 Å². The molecule has 1 aromatic rings. The fourth-order valence-corrected chi connectivity index (χ4v) is 4.30. The van der Waals surface area contributed by atoms with Crippen LogP contribution >= 0.6 is 11.6 Å². The van der Waals surface area contributed by atoms with Crippen molar-refractivity contribution in [2.45, 2.75) is 19.8 Å². The third kappa shape index (κ3) is 4.95. The molecule has 1 fully saturated rings. The highest BCUT2D eigenvalue weighted by molar-refractivity contribution is 7.89. The minimum absolute atomic E-state index is 0.259. The molecule has 0 radical (unpaired) electrons. The summed E-state index contributed by atoms with van der Waals surface area (Å²) in [7, 11) is -3.04. The molecule has 0 spiro atoms. The summed E-state index contributed by atoms with van der Waals surface area (Å²) >= 11 is 5.98. The molecule has 0 atom stereocenters. The van der Waals surface area contributed by atoms with Gasteiger partial charge in [-0.15, -0.1) is 0 Å². The summed E-state index contributed by atoms with van der Waals surface area (Å²) in [6, 6.07) is 7.91. The maximum Gasteiger partial charge on any atom is 0.214 e. The Labute approximate surface area is 132 Å². The number of halogens is 1. The number of hydrogen-bond acceptors (Lipinski definition) is 3. The zero-order valence-corrected chi connectivity index (χ0v) is 14.0. The Morgan fingerprint density at radius 3 is 2.52 bits per heavy atom. The first kappa shape index (κ1) is 16.7. The number of nitrogens with zero attached hydrogens (tertiary/aromatic N) is 2. The van der Waals surface area contributed by atoms with Crippen molar-refractivity contribution < 1.29 is 8.42 Å². The van der Waals surface area contributed by atoms with Crippen LogP contribution in [0.1, 0.15) is 18.9 Å². The maximum absolute atomic E-state index is 12.0. The largest absolute Gasteiger partial charge is 0.300 e. The van der Waals surface area contributed by atoms with Crippen molar-refractivity contribution in [3.8, 4) is 0 Å². The minimum Gasteiger partial charge on any atom is -0.300 e. The molecular formula is C15H23ClN2O2S. The third-order valence-corrected chi connectivity index (χ3v) is 6.10. The summed E-state index contributed by atoms with van der Waals surface area (Å²) < 4.78 is 25.6. The van der Waals surface area contributed by atoms with Crippen LogP contribution in [-0.2, 0) is 16.4 Å². The summed E-state index contributed by atoms with van der Waals surface area (Å²) in [5.74, 6) is 0.259. The molecule has 1 aromatic carbocycles. The van der Waals surface area contributed by atoms with Crippen molar-refractivity contribution in [1.29, 1.82) is 0 Å². The van der Waals surface area contributed by atoms with Crippen LogP contribution in [-0.4, -0.2) is 56.1 Å². The monoisotopic (exact) mass is 330 g/mol. The van der Waals surface area contributed by atoms with Gasteiger partial charge >= 0.3 is 0 Å². The first-order chi connectivity index (χ1) is 10.0. The molecule has 0 amide bonds. The fourth-order valence-electron chi connectivity index (χ4n) is 2.60. The summed E-state index contributed by atoms with van der Waals surface area (Å²) in [6.07, 6.45) is 1.62. The van der Waals surface area contributed by atoms with Crippen LogP contribution in [0.15, 0.2) is 24.3 Å². The highest BCUT2D eigenvalue weighted by Crippen LogP contribution is 2.13. The van der Waals surface area contributed by atoms with Gasteiger partial charge in [0.2, 0.25) is 10.0 Å². The van der Waals surface area contributed by atoms with Crippen LogP contribution in [0.5, 0.6) is 0 Å². The summed E-state index contributed by atoms with van der Waals surface area (Å²) in [5, 5.41) is 0.767. The van der Waals surface area contributed by atoms with Crippen LogP contribution in [0, 0.1) is 0 Å². The van der Waals surface area contributed by atoms with Crippen molar-refractivity contribution in [1.82, 2.24) is 9.21 Å². The van der Waals surface area contributed by atoms with E-state index in [-0.39, 0.29) is 5.75 Å². The molecule has 1 aliphatic rings. The zero-order valence-electron chi connectivity index (χ0n) is 12.5. The van der Waals surface area contributed by atoms with Gasteiger partial charge in [-0.25, -0.2) is 8.42 Å². The van der Waals surface area contributed by atoms with E-state index in [0.29, 0.717) is 19.5 Å². The van der Waals surface area contributed by atoms with Gasteiger partial charge in [0.05, 0.1) is 5.75 Å². The van der Waals surface area contributed by atoms with Crippen molar-refractivity contribution in [2.75, 3.05) is 38.5 Å². The number of benzene rings is 1. The van der Waals surface area contributed by atoms with Gasteiger partial charge in [0, 0.05) is 37.7 Å². The molecule has 0 aliphatic carbocycles. The van der Waals surface area contributed by atoms with Gasteiger partial charge in [-0.05, 0) is 30.5 Å². The molecule has 2 rings (SSSR count). The Morgan fingerprint density at radius 2 is 1.90 bits per heavy atom. The standard InChI is InChI=1S/C15H23ClN2O2S/c1-2-12-21(19,20)18-10-8-17(9-11-18)7-6-14-4-3-5-15(16)13-14/h3-5,13H,2,6-12H2,1H3. The second kappa shape index (κ2) is 7.58. The first-order valence-corrected chi connectivity index (χ1v) is 9.44. The smallest absolute Gasteiger partial charge is 0.214 e. The van der Waals surface area contributed by atoms with Crippen LogP contribution < -0.4 is 0 Å². The van der Waals surface area contributed by atoms with Crippen LogP contribution in [0.25, 0.3) is 0 Å². The molecular weight excluding hydrogens is 308 g/mol. The van der Waals surface area contributed by atoms with Gasteiger partial charge in [-0.2, -0.15) is 4.31 Å². The van der Waals surface area contributed by atoms with Crippen molar-refractivity contribution in [2.24, 2.45) is 0 Å². The molecule has 0 aromatic heterocycles. The van der Waals surface area contributed by atoms with Gasteiger partial charge in [-0.1, -0.05) is 30.7 Å². The van der Waals surface area contributed by atoms with E-state index >= 15 is 0 Å². The molecule has 0 unspecified atom stereocenters. The molecule has 4 nitrogen and oxygen atoms in total. The number of rotatable bonds is 6. The Balaban J connectivity index is 1.79.